The number of carbonyl (C=O) groups excluding carboxylic acids is 2. The molecule has 0 saturated carbocycles. The number of rotatable bonds is 4. The second-order valence-electron chi connectivity index (χ2n) is 5.58. The van der Waals surface area contributed by atoms with Gasteiger partial charge in [0.1, 0.15) is 11.6 Å². The molecule has 136 valence electrons. The van der Waals surface area contributed by atoms with Crippen molar-refractivity contribution >= 4 is 29.1 Å². The first kappa shape index (κ1) is 19.3. The number of nitrogens with one attached hydrogen (secondary N) is 3. The Bertz CT molecular complexity index is 805. The molecular weight excluding hydrogens is 357 g/mol. The van der Waals surface area contributed by atoms with Crippen LogP contribution in [0.25, 0.3) is 0 Å². The Morgan fingerprint density at radius 1 is 1.04 bits per heavy atom. The number of amides is 2. The van der Waals surface area contributed by atoms with Crippen LogP contribution in [-0.4, -0.2) is 23.5 Å². The summed E-state index contributed by atoms with van der Waals surface area (Å²) in [6.07, 6.45) is 0. The van der Waals surface area contributed by atoms with E-state index < -0.39 is 17.6 Å². The lowest BCUT2D eigenvalue weighted by molar-refractivity contribution is -0.123. The highest BCUT2D eigenvalue weighted by Crippen LogP contribution is 2.15. The SMILES string of the molecule is Cc1cc(C)cc(OCC(=O)NNC(=S)NC(=O)c2ccc(F)cc2)c1. The molecular formula is C18H18FN3O3S. The summed E-state index contributed by atoms with van der Waals surface area (Å²) in [6.45, 7) is 3.65. The van der Waals surface area contributed by atoms with Gasteiger partial charge in [0.05, 0.1) is 0 Å². The minimum atomic E-state index is -0.525. The molecule has 2 amide bonds. The first-order valence-electron chi connectivity index (χ1n) is 7.70. The Morgan fingerprint density at radius 3 is 2.27 bits per heavy atom. The second-order valence-corrected chi connectivity index (χ2v) is 5.98. The lowest BCUT2D eigenvalue weighted by Crippen LogP contribution is -2.49. The average molecular weight is 375 g/mol. The van der Waals surface area contributed by atoms with Crippen LogP contribution in [0, 0.1) is 19.7 Å². The maximum Gasteiger partial charge on any atom is 0.276 e. The van der Waals surface area contributed by atoms with Crippen molar-refractivity contribution in [1.82, 2.24) is 16.2 Å². The number of benzene rings is 2. The molecule has 26 heavy (non-hydrogen) atoms. The Kier molecular flexibility index (Phi) is 6.62. The minimum absolute atomic E-state index is 0.0981. The fourth-order valence-electron chi connectivity index (χ4n) is 2.14. The van der Waals surface area contributed by atoms with Crippen LogP contribution in [0.5, 0.6) is 5.75 Å². The predicted octanol–water partition coefficient (Wildman–Crippen LogP) is 2.16. The van der Waals surface area contributed by atoms with Crippen molar-refractivity contribution in [2.45, 2.75) is 13.8 Å². The van der Waals surface area contributed by atoms with E-state index in [2.05, 4.69) is 16.2 Å². The fourth-order valence-corrected chi connectivity index (χ4v) is 2.28. The van der Waals surface area contributed by atoms with Gasteiger partial charge >= 0.3 is 0 Å². The molecule has 8 heteroatoms. The molecule has 0 fully saturated rings. The third-order valence-electron chi connectivity index (χ3n) is 3.21. The molecule has 0 atom stereocenters. The van der Waals surface area contributed by atoms with Crippen LogP contribution in [0.4, 0.5) is 4.39 Å². The molecule has 0 saturated heterocycles. The van der Waals surface area contributed by atoms with Gasteiger partial charge in [0.2, 0.25) is 0 Å². The van der Waals surface area contributed by atoms with Crippen molar-refractivity contribution in [2.24, 2.45) is 0 Å². The molecule has 0 aliphatic heterocycles. The minimum Gasteiger partial charge on any atom is -0.484 e. The molecule has 2 rings (SSSR count). The number of hydrogen-bond donors (Lipinski definition) is 3. The van der Waals surface area contributed by atoms with Gasteiger partial charge in [-0.2, -0.15) is 0 Å². The standard InChI is InChI=1S/C18H18FN3O3S/c1-11-7-12(2)9-15(8-11)25-10-16(23)21-22-18(26)20-17(24)13-3-5-14(19)6-4-13/h3-9H,10H2,1-2H3,(H,21,23)(H2,20,22,24,26). The highest BCUT2D eigenvalue weighted by Gasteiger charge is 2.09. The zero-order valence-electron chi connectivity index (χ0n) is 14.3. The lowest BCUT2D eigenvalue weighted by atomic mass is 10.1. The van der Waals surface area contributed by atoms with Crippen molar-refractivity contribution in [1.29, 1.82) is 0 Å². The maximum atomic E-state index is 12.8. The number of carbonyl (C=O) groups is 2. The first-order chi connectivity index (χ1) is 12.3. The molecule has 3 N–H and O–H groups in total. The first-order valence-corrected chi connectivity index (χ1v) is 8.11. The van der Waals surface area contributed by atoms with Gasteiger partial charge in [-0.1, -0.05) is 6.07 Å². The molecule has 0 aliphatic carbocycles. The molecule has 0 unspecified atom stereocenters. The fraction of sp³-hybridized carbons (Fsp3) is 0.167. The third kappa shape index (κ3) is 6.14. The average Bonchev–Trinajstić information content (AvgIpc) is 2.58. The number of ether oxygens (including phenoxy) is 1. The summed E-state index contributed by atoms with van der Waals surface area (Å²) in [5, 5.41) is 2.27. The van der Waals surface area contributed by atoms with E-state index in [1.54, 1.807) is 0 Å². The van der Waals surface area contributed by atoms with Gasteiger partial charge in [0, 0.05) is 5.56 Å². The van der Waals surface area contributed by atoms with E-state index in [0.717, 1.165) is 23.3 Å². The van der Waals surface area contributed by atoms with Crippen molar-refractivity contribution in [2.75, 3.05) is 6.61 Å². The summed E-state index contributed by atoms with van der Waals surface area (Å²) in [7, 11) is 0. The monoisotopic (exact) mass is 375 g/mol. The maximum absolute atomic E-state index is 12.8. The largest absolute Gasteiger partial charge is 0.484 e. The molecule has 0 bridgehead atoms. The van der Waals surface area contributed by atoms with Crippen LogP contribution in [0.3, 0.4) is 0 Å². The number of hydrazine groups is 1. The summed E-state index contributed by atoms with van der Waals surface area (Å²) < 4.78 is 18.2. The van der Waals surface area contributed by atoms with E-state index in [-0.39, 0.29) is 17.3 Å². The molecule has 0 radical (unpaired) electrons. The number of halogens is 1. The van der Waals surface area contributed by atoms with Crippen molar-refractivity contribution in [3.05, 3.63) is 65.0 Å². The van der Waals surface area contributed by atoms with E-state index in [1.165, 1.54) is 12.1 Å². The summed E-state index contributed by atoms with van der Waals surface area (Å²) in [6, 6.07) is 10.6. The molecule has 0 aliphatic rings. The predicted molar refractivity (Wildman–Crippen MR) is 99.2 cm³/mol. The van der Waals surface area contributed by atoms with Crippen molar-refractivity contribution in [3.63, 3.8) is 0 Å². The molecule has 2 aromatic carbocycles. The van der Waals surface area contributed by atoms with Gasteiger partial charge in [-0.15, -0.1) is 0 Å². The highest BCUT2D eigenvalue weighted by atomic mass is 32.1. The normalized spacial score (nSPS) is 9.96. The van der Waals surface area contributed by atoms with Crippen LogP contribution >= 0.6 is 12.2 Å². The Labute approximate surface area is 155 Å². The Balaban J connectivity index is 1.75. The van der Waals surface area contributed by atoms with E-state index in [0.29, 0.717) is 5.75 Å². The molecule has 0 spiro atoms. The smallest absolute Gasteiger partial charge is 0.276 e. The molecule has 0 aromatic heterocycles. The van der Waals surface area contributed by atoms with Gasteiger partial charge in [-0.3, -0.25) is 25.8 Å². The van der Waals surface area contributed by atoms with E-state index >= 15 is 0 Å². The van der Waals surface area contributed by atoms with Gasteiger partial charge in [-0.25, -0.2) is 4.39 Å². The Hall–Kier alpha value is -3.00. The van der Waals surface area contributed by atoms with Gasteiger partial charge in [0.25, 0.3) is 11.8 Å². The summed E-state index contributed by atoms with van der Waals surface area (Å²) >= 11 is 4.91. The molecule has 2 aromatic rings. The highest BCUT2D eigenvalue weighted by molar-refractivity contribution is 7.80. The van der Waals surface area contributed by atoms with Gasteiger partial charge in [0.15, 0.2) is 11.7 Å². The summed E-state index contributed by atoms with van der Waals surface area (Å²) in [5.41, 5.74) is 7.02. The van der Waals surface area contributed by atoms with E-state index in [1.807, 2.05) is 32.0 Å². The number of hydrogen-bond acceptors (Lipinski definition) is 4. The number of aryl methyl sites for hydroxylation is 2. The lowest BCUT2D eigenvalue weighted by Gasteiger charge is -2.12. The van der Waals surface area contributed by atoms with Crippen LogP contribution in [-0.2, 0) is 4.79 Å². The summed E-state index contributed by atoms with van der Waals surface area (Å²) in [4.78, 5) is 23.7. The van der Waals surface area contributed by atoms with Gasteiger partial charge < -0.3 is 4.74 Å². The zero-order chi connectivity index (χ0) is 19.1. The van der Waals surface area contributed by atoms with Crippen LogP contribution < -0.4 is 20.9 Å². The Morgan fingerprint density at radius 2 is 1.65 bits per heavy atom. The van der Waals surface area contributed by atoms with Gasteiger partial charge in [-0.05, 0) is 73.6 Å². The second kappa shape index (κ2) is 8.91. The quantitative estimate of drug-likeness (QED) is 0.564. The number of thiocarbonyl (C=S) groups is 1. The van der Waals surface area contributed by atoms with E-state index in [4.69, 9.17) is 17.0 Å². The molecule has 6 nitrogen and oxygen atoms in total. The van der Waals surface area contributed by atoms with Crippen LogP contribution in [0.1, 0.15) is 21.5 Å². The van der Waals surface area contributed by atoms with Crippen molar-refractivity contribution < 1.29 is 18.7 Å². The summed E-state index contributed by atoms with van der Waals surface area (Å²) in [5.74, 6) is -0.853. The van der Waals surface area contributed by atoms with E-state index in [9.17, 15) is 14.0 Å². The van der Waals surface area contributed by atoms with Crippen LogP contribution in [0.15, 0.2) is 42.5 Å². The topological polar surface area (TPSA) is 79.5 Å². The zero-order valence-corrected chi connectivity index (χ0v) is 15.1. The van der Waals surface area contributed by atoms with Crippen LogP contribution in [0.2, 0.25) is 0 Å². The third-order valence-corrected chi connectivity index (χ3v) is 3.42. The van der Waals surface area contributed by atoms with Crippen molar-refractivity contribution in [3.8, 4) is 5.75 Å². The molecule has 0 heterocycles.